The van der Waals surface area contributed by atoms with Gasteiger partial charge in [0.05, 0.1) is 11.6 Å². The number of benzene rings is 1. The lowest BCUT2D eigenvalue weighted by molar-refractivity contribution is -0.122. The van der Waals surface area contributed by atoms with Gasteiger partial charge in [0, 0.05) is 13.0 Å². The molecule has 0 aliphatic heterocycles. The number of nitrogens with zero attached hydrogens (tertiary/aromatic N) is 1. The Hall–Kier alpha value is -2.41. The average Bonchev–Trinajstić information content (AvgIpc) is 2.95. The Morgan fingerprint density at radius 2 is 2.12 bits per heavy atom. The summed E-state index contributed by atoms with van der Waals surface area (Å²) in [7, 11) is 0. The molecule has 2 rings (SSSR count). The van der Waals surface area contributed by atoms with Crippen LogP contribution in [0.15, 0.2) is 22.6 Å². The molecule has 1 amide bonds. The first-order chi connectivity index (χ1) is 11.5. The van der Waals surface area contributed by atoms with Crippen LogP contribution in [0.5, 0.6) is 0 Å². The minimum Gasteiger partial charge on any atom is -0.478 e. The van der Waals surface area contributed by atoms with Crippen LogP contribution in [0.4, 0.5) is 0 Å². The maximum atomic E-state index is 12.0. The summed E-state index contributed by atoms with van der Waals surface area (Å²) in [4.78, 5) is 27.1. The molecule has 1 unspecified atom stereocenters. The number of carbonyl (C=O) groups is 2. The monoisotopic (exact) mass is 333 g/mol. The lowest BCUT2D eigenvalue weighted by Gasteiger charge is -2.10. The highest BCUT2D eigenvalue weighted by Gasteiger charge is 2.17. The number of hydrogen-bond donors (Lipinski definition) is 3. The topological polar surface area (TPSA) is 118 Å². The van der Waals surface area contributed by atoms with E-state index in [0.29, 0.717) is 23.5 Å². The van der Waals surface area contributed by atoms with Crippen molar-refractivity contribution >= 4 is 23.0 Å². The molecule has 0 aliphatic carbocycles. The molecular weight excluding hydrogens is 310 g/mol. The number of carboxylic acids is 1. The normalized spacial score (nSPS) is 12.2. The highest BCUT2D eigenvalue weighted by Crippen LogP contribution is 2.18. The summed E-state index contributed by atoms with van der Waals surface area (Å²) in [6.45, 7) is 2.75. The van der Waals surface area contributed by atoms with Crippen LogP contribution in [0.25, 0.3) is 11.1 Å². The van der Waals surface area contributed by atoms with E-state index in [1.54, 1.807) is 6.07 Å². The van der Waals surface area contributed by atoms with Gasteiger partial charge >= 0.3 is 5.97 Å². The SMILES string of the molecule is CCCCCCNC(=O)C(N)Cc1nc2cc(C(=O)O)ccc2o1. The predicted molar refractivity (Wildman–Crippen MR) is 89.8 cm³/mol. The van der Waals surface area contributed by atoms with Crippen LogP contribution < -0.4 is 11.1 Å². The second-order valence-electron chi connectivity index (χ2n) is 5.76. The maximum absolute atomic E-state index is 12.0. The second kappa shape index (κ2) is 8.44. The van der Waals surface area contributed by atoms with Gasteiger partial charge in [0.15, 0.2) is 11.5 Å². The Labute approximate surface area is 140 Å². The van der Waals surface area contributed by atoms with Gasteiger partial charge in [-0.1, -0.05) is 26.2 Å². The molecule has 4 N–H and O–H groups in total. The van der Waals surface area contributed by atoms with E-state index in [0.717, 1.165) is 25.7 Å². The van der Waals surface area contributed by atoms with E-state index in [1.165, 1.54) is 12.1 Å². The van der Waals surface area contributed by atoms with E-state index in [1.807, 2.05) is 0 Å². The van der Waals surface area contributed by atoms with Crippen LogP contribution in [-0.2, 0) is 11.2 Å². The van der Waals surface area contributed by atoms with Crippen molar-refractivity contribution in [3.63, 3.8) is 0 Å². The number of nitrogens with one attached hydrogen (secondary N) is 1. The molecule has 24 heavy (non-hydrogen) atoms. The molecule has 0 bridgehead atoms. The molecule has 0 aliphatic rings. The van der Waals surface area contributed by atoms with Crippen LogP contribution in [0.1, 0.15) is 48.9 Å². The number of aromatic nitrogens is 1. The van der Waals surface area contributed by atoms with E-state index < -0.39 is 12.0 Å². The average molecular weight is 333 g/mol. The van der Waals surface area contributed by atoms with Crippen molar-refractivity contribution in [2.75, 3.05) is 6.54 Å². The van der Waals surface area contributed by atoms with E-state index in [-0.39, 0.29) is 17.9 Å². The van der Waals surface area contributed by atoms with E-state index in [2.05, 4.69) is 17.2 Å². The van der Waals surface area contributed by atoms with Gasteiger partial charge in [-0.05, 0) is 24.6 Å². The fourth-order valence-electron chi connectivity index (χ4n) is 2.37. The van der Waals surface area contributed by atoms with Crippen LogP contribution in [0, 0.1) is 0 Å². The molecule has 0 saturated carbocycles. The number of fused-ring (bicyclic) bond motifs is 1. The summed E-state index contributed by atoms with van der Waals surface area (Å²) in [6, 6.07) is 3.68. The zero-order valence-electron chi connectivity index (χ0n) is 13.7. The minimum absolute atomic E-state index is 0.136. The number of nitrogens with two attached hydrogens (primary N) is 1. The van der Waals surface area contributed by atoms with Gasteiger partial charge in [-0.15, -0.1) is 0 Å². The molecule has 0 radical (unpaired) electrons. The molecule has 0 fully saturated rings. The highest BCUT2D eigenvalue weighted by atomic mass is 16.4. The third-order valence-electron chi connectivity index (χ3n) is 3.74. The number of hydrogen-bond acceptors (Lipinski definition) is 5. The highest BCUT2D eigenvalue weighted by molar-refractivity contribution is 5.91. The van der Waals surface area contributed by atoms with Crippen molar-refractivity contribution < 1.29 is 19.1 Å². The minimum atomic E-state index is -1.03. The number of amides is 1. The predicted octanol–water partition coefficient (Wildman–Crippen LogP) is 2.09. The van der Waals surface area contributed by atoms with Crippen molar-refractivity contribution in [2.24, 2.45) is 5.73 Å². The molecule has 0 saturated heterocycles. The quantitative estimate of drug-likeness (QED) is 0.605. The zero-order valence-corrected chi connectivity index (χ0v) is 13.7. The van der Waals surface area contributed by atoms with Crippen molar-refractivity contribution in [2.45, 2.75) is 45.1 Å². The molecule has 1 aromatic heterocycles. The fraction of sp³-hybridized carbons (Fsp3) is 0.471. The summed E-state index contributed by atoms with van der Waals surface area (Å²) in [5, 5.41) is 11.8. The Balaban J connectivity index is 1.91. The molecular formula is C17H23N3O4. The molecule has 1 aromatic carbocycles. The van der Waals surface area contributed by atoms with Gasteiger partial charge in [-0.25, -0.2) is 9.78 Å². The van der Waals surface area contributed by atoms with Gasteiger partial charge in [0.25, 0.3) is 0 Å². The van der Waals surface area contributed by atoms with Crippen LogP contribution in [0.3, 0.4) is 0 Å². The van der Waals surface area contributed by atoms with Gasteiger partial charge in [-0.3, -0.25) is 4.79 Å². The van der Waals surface area contributed by atoms with Gasteiger partial charge in [0.2, 0.25) is 5.91 Å². The zero-order chi connectivity index (χ0) is 17.5. The molecule has 0 spiro atoms. The molecule has 130 valence electrons. The lowest BCUT2D eigenvalue weighted by atomic mass is 10.2. The first-order valence-electron chi connectivity index (χ1n) is 8.17. The molecule has 1 heterocycles. The van der Waals surface area contributed by atoms with Crippen molar-refractivity contribution in [3.05, 3.63) is 29.7 Å². The van der Waals surface area contributed by atoms with Gasteiger partial charge in [0.1, 0.15) is 5.52 Å². The molecule has 2 aromatic rings. The number of oxazole rings is 1. The van der Waals surface area contributed by atoms with Crippen LogP contribution in [0.2, 0.25) is 0 Å². The van der Waals surface area contributed by atoms with E-state index in [4.69, 9.17) is 15.3 Å². The van der Waals surface area contributed by atoms with E-state index in [9.17, 15) is 9.59 Å². The van der Waals surface area contributed by atoms with Crippen molar-refractivity contribution in [1.82, 2.24) is 10.3 Å². The molecule has 7 nitrogen and oxygen atoms in total. The van der Waals surface area contributed by atoms with Crippen molar-refractivity contribution in [1.29, 1.82) is 0 Å². The number of carboxylic acid groups (broad SMARTS) is 1. The maximum Gasteiger partial charge on any atom is 0.335 e. The smallest absolute Gasteiger partial charge is 0.335 e. The summed E-state index contributed by atoms with van der Waals surface area (Å²) in [5.74, 6) is -0.943. The van der Waals surface area contributed by atoms with Gasteiger partial charge < -0.3 is 20.6 Å². The number of carbonyl (C=O) groups excluding carboxylic acids is 1. The van der Waals surface area contributed by atoms with Gasteiger partial charge in [-0.2, -0.15) is 0 Å². The summed E-state index contributed by atoms with van der Waals surface area (Å²) in [6.07, 6.45) is 4.49. The first kappa shape index (κ1) is 17.9. The Morgan fingerprint density at radius 3 is 2.83 bits per heavy atom. The Kier molecular flexibility index (Phi) is 6.31. The van der Waals surface area contributed by atoms with E-state index >= 15 is 0 Å². The lowest BCUT2D eigenvalue weighted by Crippen LogP contribution is -2.42. The molecule has 7 heteroatoms. The van der Waals surface area contributed by atoms with Crippen LogP contribution >= 0.6 is 0 Å². The summed E-state index contributed by atoms with van der Waals surface area (Å²) < 4.78 is 5.52. The Morgan fingerprint density at radius 1 is 1.33 bits per heavy atom. The molecule has 1 atom stereocenters. The number of rotatable bonds is 9. The third-order valence-corrected chi connectivity index (χ3v) is 3.74. The Bertz CT molecular complexity index is 711. The second-order valence-corrected chi connectivity index (χ2v) is 5.76. The fourth-order valence-corrected chi connectivity index (χ4v) is 2.37. The summed E-state index contributed by atoms with van der Waals surface area (Å²) >= 11 is 0. The standard InChI is InChI=1S/C17H23N3O4/c1-2-3-4-5-8-19-16(21)12(18)10-15-20-13-9-11(17(22)23)6-7-14(13)24-15/h6-7,9,12H,2-5,8,10,18H2,1H3,(H,19,21)(H,22,23). The van der Waals surface area contributed by atoms with Crippen LogP contribution in [-0.4, -0.2) is 34.6 Å². The third kappa shape index (κ3) is 4.79. The number of aromatic carboxylic acids is 1. The van der Waals surface area contributed by atoms with Crippen molar-refractivity contribution in [3.8, 4) is 0 Å². The largest absolute Gasteiger partial charge is 0.478 e. The summed E-state index contributed by atoms with van der Waals surface area (Å²) in [5.41, 5.74) is 6.94. The number of unbranched alkanes of at least 4 members (excludes halogenated alkanes) is 3. The first-order valence-corrected chi connectivity index (χ1v) is 8.17.